The van der Waals surface area contributed by atoms with E-state index in [1.807, 2.05) is 18.2 Å². The van der Waals surface area contributed by atoms with Crippen molar-refractivity contribution in [2.24, 2.45) is 0 Å². The molecule has 2 aromatic rings. The van der Waals surface area contributed by atoms with E-state index in [2.05, 4.69) is 15.2 Å². The third kappa shape index (κ3) is 4.61. The topological polar surface area (TPSA) is 95.8 Å². The smallest absolute Gasteiger partial charge is 0.286 e. The van der Waals surface area contributed by atoms with Gasteiger partial charge < -0.3 is 14.6 Å². The highest BCUT2D eigenvalue weighted by Crippen LogP contribution is 2.15. The molecular weight excluding hydrogens is 356 g/mol. The number of hydrogen-bond acceptors (Lipinski definition) is 6. The second-order valence-electron chi connectivity index (χ2n) is 5.98. The molecule has 1 saturated heterocycles. The molecule has 0 atom stereocenters. The van der Waals surface area contributed by atoms with Crippen molar-refractivity contribution in [2.75, 3.05) is 43.4 Å². The number of carbonyl (C=O) groups excluding carboxylic acids is 1. The molecule has 0 saturated carbocycles. The second kappa shape index (κ2) is 8.33. The fraction of sp³-hybridized carbons (Fsp3) is 0.412. The maximum Gasteiger partial charge on any atom is 0.286 e. The number of rotatable bonds is 7. The van der Waals surface area contributed by atoms with Crippen molar-refractivity contribution in [2.45, 2.75) is 6.42 Å². The molecule has 1 amide bonds. The minimum Gasteiger partial charge on any atom is -0.459 e. The molecule has 2 aromatic heterocycles. The zero-order valence-electron chi connectivity index (χ0n) is 14.4. The van der Waals surface area contributed by atoms with Gasteiger partial charge in [0.2, 0.25) is 10.0 Å². The van der Waals surface area contributed by atoms with Crippen LogP contribution in [0.25, 0.3) is 0 Å². The summed E-state index contributed by atoms with van der Waals surface area (Å²) in [6.07, 6.45) is 3.51. The van der Waals surface area contributed by atoms with Gasteiger partial charge in [-0.3, -0.25) is 4.79 Å². The number of nitrogens with one attached hydrogen (secondary N) is 1. The van der Waals surface area contributed by atoms with Gasteiger partial charge in [0.15, 0.2) is 5.76 Å². The molecule has 0 unspecified atom stereocenters. The third-order valence-electron chi connectivity index (χ3n) is 4.21. The predicted molar refractivity (Wildman–Crippen MR) is 97.5 cm³/mol. The lowest BCUT2D eigenvalue weighted by atomic mass is 10.3. The summed E-state index contributed by atoms with van der Waals surface area (Å²) >= 11 is 0. The Hall–Kier alpha value is -2.39. The zero-order chi connectivity index (χ0) is 18.4. The number of nitrogens with zero attached hydrogens (tertiary/aromatic N) is 3. The van der Waals surface area contributed by atoms with Crippen molar-refractivity contribution in [1.29, 1.82) is 0 Å². The summed E-state index contributed by atoms with van der Waals surface area (Å²) < 4.78 is 31.4. The molecule has 0 bridgehead atoms. The Morgan fingerprint density at radius 1 is 1.15 bits per heavy atom. The van der Waals surface area contributed by atoms with E-state index in [4.69, 9.17) is 4.42 Å². The third-order valence-corrected chi connectivity index (χ3v) is 6.17. The van der Waals surface area contributed by atoms with E-state index in [1.54, 1.807) is 18.3 Å². The summed E-state index contributed by atoms with van der Waals surface area (Å²) in [5.74, 6) is 0.759. The fourth-order valence-corrected chi connectivity index (χ4v) is 4.30. The minimum atomic E-state index is -3.33. The molecular formula is C17H22N4O4S. The molecule has 140 valence electrons. The van der Waals surface area contributed by atoms with Crippen LogP contribution in [0.15, 0.2) is 47.2 Å². The number of anilines is 1. The molecule has 3 rings (SSSR count). The van der Waals surface area contributed by atoms with Gasteiger partial charge in [0.1, 0.15) is 5.82 Å². The molecule has 0 radical (unpaired) electrons. The van der Waals surface area contributed by atoms with Crippen molar-refractivity contribution < 1.29 is 17.6 Å². The maximum atomic E-state index is 12.5. The van der Waals surface area contributed by atoms with Crippen molar-refractivity contribution >= 4 is 21.7 Å². The van der Waals surface area contributed by atoms with E-state index < -0.39 is 10.0 Å². The highest BCUT2D eigenvalue weighted by atomic mass is 32.2. The Balaban J connectivity index is 1.42. The van der Waals surface area contributed by atoms with Gasteiger partial charge in [-0.25, -0.2) is 13.4 Å². The molecule has 1 fully saturated rings. The number of piperazine rings is 1. The lowest BCUT2D eigenvalue weighted by molar-refractivity contribution is 0.0926. The molecule has 26 heavy (non-hydrogen) atoms. The van der Waals surface area contributed by atoms with Gasteiger partial charge in [0.25, 0.3) is 5.91 Å². The van der Waals surface area contributed by atoms with E-state index in [-0.39, 0.29) is 24.0 Å². The summed E-state index contributed by atoms with van der Waals surface area (Å²) in [6.45, 7) is 2.40. The molecule has 9 heteroatoms. The molecule has 3 heterocycles. The van der Waals surface area contributed by atoms with Crippen LogP contribution in [0.5, 0.6) is 0 Å². The fourth-order valence-electron chi connectivity index (χ4n) is 2.82. The van der Waals surface area contributed by atoms with Crippen molar-refractivity contribution in [3.63, 3.8) is 0 Å². The van der Waals surface area contributed by atoms with Crippen LogP contribution >= 0.6 is 0 Å². The molecule has 0 aromatic carbocycles. The van der Waals surface area contributed by atoms with Crippen molar-refractivity contribution in [3.05, 3.63) is 48.6 Å². The van der Waals surface area contributed by atoms with Crippen LogP contribution < -0.4 is 10.2 Å². The Kier molecular flexibility index (Phi) is 5.89. The quantitative estimate of drug-likeness (QED) is 0.721. The Bertz CT molecular complexity index is 801. The number of sulfonamides is 1. The first-order valence-electron chi connectivity index (χ1n) is 8.52. The molecule has 8 nitrogen and oxygen atoms in total. The molecule has 0 spiro atoms. The number of hydrogen-bond donors (Lipinski definition) is 1. The Labute approximate surface area is 152 Å². The SMILES string of the molecule is O=C(NCCCS(=O)(=O)N1CCN(c2ccccn2)CC1)c1ccco1. The van der Waals surface area contributed by atoms with Crippen LogP contribution in [0.4, 0.5) is 5.82 Å². The average Bonchev–Trinajstić information content (AvgIpc) is 3.21. The Morgan fingerprint density at radius 2 is 1.96 bits per heavy atom. The number of pyridine rings is 1. The number of amides is 1. The van der Waals surface area contributed by atoms with Gasteiger partial charge in [-0.15, -0.1) is 0 Å². The highest BCUT2D eigenvalue weighted by molar-refractivity contribution is 7.89. The standard InChI is InChI=1S/C17H22N4O4S/c22-17(15-5-3-13-25-15)19-8-4-14-26(23,24)21-11-9-20(10-12-21)16-6-1-2-7-18-16/h1-3,5-7,13H,4,8-12,14H2,(H,19,22). The van der Waals surface area contributed by atoms with Crippen LogP contribution in [0.1, 0.15) is 17.0 Å². The van der Waals surface area contributed by atoms with Crippen LogP contribution in [0, 0.1) is 0 Å². The van der Waals surface area contributed by atoms with Gasteiger partial charge in [-0.1, -0.05) is 6.07 Å². The largest absolute Gasteiger partial charge is 0.459 e. The van der Waals surface area contributed by atoms with E-state index in [1.165, 1.54) is 10.6 Å². The lowest BCUT2D eigenvalue weighted by Crippen LogP contribution is -2.49. The lowest BCUT2D eigenvalue weighted by Gasteiger charge is -2.34. The van der Waals surface area contributed by atoms with Crippen LogP contribution in [-0.2, 0) is 10.0 Å². The van der Waals surface area contributed by atoms with E-state index in [0.717, 1.165) is 5.82 Å². The van der Waals surface area contributed by atoms with Crippen LogP contribution in [0.2, 0.25) is 0 Å². The number of carbonyl (C=O) groups is 1. The van der Waals surface area contributed by atoms with Gasteiger partial charge in [0.05, 0.1) is 12.0 Å². The first kappa shape index (κ1) is 18.4. The van der Waals surface area contributed by atoms with Gasteiger partial charge in [0, 0.05) is 38.9 Å². The summed E-state index contributed by atoms with van der Waals surface area (Å²) in [5.41, 5.74) is 0. The first-order valence-corrected chi connectivity index (χ1v) is 10.1. The molecule has 1 aliphatic heterocycles. The van der Waals surface area contributed by atoms with Gasteiger partial charge in [-0.05, 0) is 30.7 Å². The minimum absolute atomic E-state index is 0.00895. The molecule has 1 N–H and O–H groups in total. The second-order valence-corrected chi connectivity index (χ2v) is 8.07. The zero-order valence-corrected chi connectivity index (χ0v) is 15.2. The summed E-state index contributed by atoms with van der Waals surface area (Å²) in [6, 6.07) is 8.89. The molecule has 0 aliphatic carbocycles. The van der Waals surface area contributed by atoms with Crippen molar-refractivity contribution in [3.8, 4) is 0 Å². The van der Waals surface area contributed by atoms with E-state index >= 15 is 0 Å². The van der Waals surface area contributed by atoms with E-state index in [9.17, 15) is 13.2 Å². The summed E-state index contributed by atoms with van der Waals surface area (Å²) in [4.78, 5) is 18.1. The average molecular weight is 378 g/mol. The predicted octanol–water partition coefficient (Wildman–Crippen LogP) is 0.947. The highest BCUT2D eigenvalue weighted by Gasteiger charge is 2.27. The van der Waals surface area contributed by atoms with Crippen LogP contribution in [0.3, 0.4) is 0 Å². The first-order chi connectivity index (χ1) is 12.6. The summed E-state index contributed by atoms with van der Waals surface area (Å²) in [7, 11) is -3.33. The summed E-state index contributed by atoms with van der Waals surface area (Å²) in [5, 5.41) is 2.66. The van der Waals surface area contributed by atoms with Crippen molar-refractivity contribution in [1.82, 2.24) is 14.6 Å². The van der Waals surface area contributed by atoms with Gasteiger partial charge >= 0.3 is 0 Å². The molecule has 1 aliphatic rings. The van der Waals surface area contributed by atoms with Crippen LogP contribution in [-0.4, -0.2) is 62.1 Å². The monoisotopic (exact) mass is 378 g/mol. The number of aromatic nitrogens is 1. The van der Waals surface area contributed by atoms with E-state index in [0.29, 0.717) is 32.6 Å². The Morgan fingerprint density at radius 3 is 2.62 bits per heavy atom. The maximum absolute atomic E-state index is 12.5. The number of furan rings is 1. The normalized spacial score (nSPS) is 15.8. The van der Waals surface area contributed by atoms with Gasteiger partial charge in [-0.2, -0.15) is 4.31 Å².